The van der Waals surface area contributed by atoms with Gasteiger partial charge >= 0.3 is 0 Å². The van der Waals surface area contributed by atoms with Gasteiger partial charge in [-0.3, -0.25) is 19.3 Å². The molecular weight excluding hydrogens is 518 g/mol. The second-order valence-corrected chi connectivity index (χ2v) is 10.3. The van der Waals surface area contributed by atoms with Crippen LogP contribution in [0.5, 0.6) is 11.5 Å². The number of rotatable bonds is 9. The second kappa shape index (κ2) is 11.7. The Kier molecular flexibility index (Phi) is 8.39. The monoisotopic (exact) mass is 551 g/mol. The topological polar surface area (TPSA) is 150 Å². The standard InChI is InChI=1S/C28H33N5O5S/c1-15-8-7-11-19(16(15)2)33(28(36)25-22(29)23(26(30)34)32-39-25)24(27(35)31-18-9-5-6-10-18)17-12-13-20(37-3)21(14-17)38-4/h7-8,11-14,18,24H,5-6,9-10,29H2,1-4H3,(H2,30,34)(H,31,35)/t24-/m0/s1. The third-order valence-corrected chi connectivity index (χ3v) is 7.99. The van der Waals surface area contributed by atoms with Gasteiger partial charge in [-0.15, -0.1) is 0 Å². The molecule has 0 radical (unpaired) electrons. The molecule has 0 bridgehead atoms. The fourth-order valence-corrected chi connectivity index (χ4v) is 5.63. The molecule has 10 nitrogen and oxygen atoms in total. The van der Waals surface area contributed by atoms with E-state index < -0.39 is 17.9 Å². The quantitative estimate of drug-likeness (QED) is 0.365. The number of aryl methyl sites for hydroxylation is 1. The predicted molar refractivity (Wildman–Crippen MR) is 150 cm³/mol. The predicted octanol–water partition coefficient (Wildman–Crippen LogP) is 3.91. The summed E-state index contributed by atoms with van der Waals surface area (Å²) in [5.41, 5.74) is 14.1. The third-order valence-electron chi connectivity index (χ3n) is 7.14. The summed E-state index contributed by atoms with van der Waals surface area (Å²) in [6, 6.07) is 9.55. The Labute approximate surface area is 231 Å². The van der Waals surface area contributed by atoms with Crippen molar-refractivity contribution in [2.45, 2.75) is 51.6 Å². The van der Waals surface area contributed by atoms with Gasteiger partial charge in [-0.1, -0.05) is 31.0 Å². The van der Waals surface area contributed by atoms with Crippen LogP contribution in [0.3, 0.4) is 0 Å². The van der Waals surface area contributed by atoms with Gasteiger partial charge in [0.1, 0.15) is 10.9 Å². The molecule has 0 unspecified atom stereocenters. The number of amides is 3. The maximum Gasteiger partial charge on any atom is 0.273 e. The van der Waals surface area contributed by atoms with Gasteiger partial charge in [0.2, 0.25) is 5.91 Å². The molecule has 0 spiro atoms. The molecule has 39 heavy (non-hydrogen) atoms. The normalized spacial score (nSPS) is 14.1. The summed E-state index contributed by atoms with van der Waals surface area (Å²) in [6.45, 7) is 3.81. The molecule has 2 aromatic carbocycles. The molecule has 11 heteroatoms. The summed E-state index contributed by atoms with van der Waals surface area (Å²) < 4.78 is 14.9. The van der Waals surface area contributed by atoms with Crippen molar-refractivity contribution in [3.63, 3.8) is 0 Å². The van der Waals surface area contributed by atoms with Crippen LogP contribution >= 0.6 is 11.5 Å². The first-order chi connectivity index (χ1) is 18.7. The molecule has 1 aliphatic rings. The molecule has 5 N–H and O–H groups in total. The van der Waals surface area contributed by atoms with E-state index in [1.54, 1.807) is 24.3 Å². The number of ether oxygens (including phenoxy) is 2. The molecule has 1 aromatic heterocycles. The fraction of sp³-hybridized carbons (Fsp3) is 0.357. The van der Waals surface area contributed by atoms with Crippen molar-refractivity contribution in [3.05, 3.63) is 63.7 Å². The lowest BCUT2D eigenvalue weighted by Crippen LogP contribution is -2.46. The summed E-state index contributed by atoms with van der Waals surface area (Å²) in [5.74, 6) is -0.861. The SMILES string of the molecule is COc1ccc([C@@H](C(=O)NC2CCCC2)N(C(=O)c2snc(C(N)=O)c2N)c2cccc(C)c2C)cc1OC. The lowest BCUT2D eigenvalue weighted by atomic mass is 9.99. The van der Waals surface area contributed by atoms with E-state index in [1.165, 1.54) is 19.1 Å². The van der Waals surface area contributed by atoms with Crippen molar-refractivity contribution in [2.75, 3.05) is 24.9 Å². The molecule has 1 saturated carbocycles. The number of primary amides is 1. The number of aromatic nitrogens is 1. The minimum Gasteiger partial charge on any atom is -0.493 e. The van der Waals surface area contributed by atoms with Crippen LogP contribution in [0.1, 0.15) is 68.6 Å². The number of hydrogen-bond acceptors (Lipinski definition) is 8. The Morgan fingerprint density at radius 3 is 2.38 bits per heavy atom. The summed E-state index contributed by atoms with van der Waals surface area (Å²) in [4.78, 5) is 41.7. The van der Waals surface area contributed by atoms with Gasteiger partial charge in [0, 0.05) is 11.7 Å². The van der Waals surface area contributed by atoms with Crippen LogP contribution in [0.15, 0.2) is 36.4 Å². The van der Waals surface area contributed by atoms with Gasteiger partial charge in [-0.25, -0.2) is 0 Å². The van der Waals surface area contributed by atoms with Crippen molar-refractivity contribution < 1.29 is 23.9 Å². The number of nitrogens with two attached hydrogens (primary N) is 2. The Bertz CT molecular complexity index is 1400. The van der Waals surface area contributed by atoms with Gasteiger partial charge < -0.3 is 26.3 Å². The van der Waals surface area contributed by atoms with Crippen LogP contribution < -0.4 is 31.2 Å². The molecule has 3 aromatic rings. The average molecular weight is 552 g/mol. The summed E-state index contributed by atoms with van der Waals surface area (Å²) in [6.07, 6.45) is 3.79. The van der Waals surface area contributed by atoms with Crippen LogP contribution in [0.4, 0.5) is 11.4 Å². The van der Waals surface area contributed by atoms with Crippen LogP contribution in [0.2, 0.25) is 0 Å². The number of benzene rings is 2. The van der Waals surface area contributed by atoms with E-state index in [-0.39, 0.29) is 28.2 Å². The highest BCUT2D eigenvalue weighted by Gasteiger charge is 2.38. The zero-order valence-electron chi connectivity index (χ0n) is 22.4. The van der Waals surface area contributed by atoms with Crippen molar-refractivity contribution in [1.29, 1.82) is 0 Å². The third kappa shape index (κ3) is 5.53. The molecule has 1 heterocycles. The molecule has 206 valence electrons. The lowest BCUT2D eigenvalue weighted by Gasteiger charge is -2.33. The molecule has 0 aliphatic heterocycles. The Morgan fingerprint density at radius 1 is 1.08 bits per heavy atom. The minimum atomic E-state index is -1.10. The summed E-state index contributed by atoms with van der Waals surface area (Å²) in [7, 11) is 3.03. The molecule has 3 amide bonds. The molecule has 1 atom stereocenters. The molecule has 1 aliphatic carbocycles. The van der Waals surface area contributed by atoms with E-state index in [0.717, 1.165) is 48.3 Å². The highest BCUT2D eigenvalue weighted by atomic mass is 32.1. The van der Waals surface area contributed by atoms with E-state index in [9.17, 15) is 14.4 Å². The number of carbonyl (C=O) groups is 3. The van der Waals surface area contributed by atoms with E-state index in [1.807, 2.05) is 26.0 Å². The maximum atomic E-state index is 14.3. The fourth-order valence-electron chi connectivity index (χ4n) is 4.89. The van der Waals surface area contributed by atoms with Gasteiger partial charge in [0.25, 0.3) is 11.8 Å². The molecular formula is C28H33N5O5S. The number of nitrogens with one attached hydrogen (secondary N) is 1. The van der Waals surface area contributed by atoms with Crippen molar-refractivity contribution >= 4 is 40.6 Å². The zero-order valence-corrected chi connectivity index (χ0v) is 23.3. The number of nitrogens with zero attached hydrogens (tertiary/aromatic N) is 2. The van der Waals surface area contributed by atoms with E-state index in [2.05, 4.69) is 9.69 Å². The molecule has 4 rings (SSSR count). The van der Waals surface area contributed by atoms with E-state index >= 15 is 0 Å². The van der Waals surface area contributed by atoms with E-state index in [0.29, 0.717) is 22.7 Å². The van der Waals surface area contributed by atoms with Gasteiger partial charge in [0.05, 0.1) is 19.9 Å². The lowest BCUT2D eigenvalue weighted by molar-refractivity contribution is -0.123. The number of carbonyl (C=O) groups excluding carboxylic acids is 3. The Morgan fingerprint density at radius 2 is 1.77 bits per heavy atom. The van der Waals surface area contributed by atoms with E-state index in [4.69, 9.17) is 20.9 Å². The highest BCUT2D eigenvalue weighted by Crippen LogP contribution is 2.38. The average Bonchev–Trinajstić information content (AvgIpc) is 3.57. The van der Waals surface area contributed by atoms with Crippen LogP contribution in [0, 0.1) is 13.8 Å². The smallest absolute Gasteiger partial charge is 0.273 e. The molecule has 1 fully saturated rings. The first-order valence-corrected chi connectivity index (χ1v) is 13.4. The van der Waals surface area contributed by atoms with Gasteiger partial charge in [0.15, 0.2) is 17.2 Å². The Hall–Kier alpha value is -4.12. The highest BCUT2D eigenvalue weighted by molar-refractivity contribution is 7.09. The van der Waals surface area contributed by atoms with Crippen molar-refractivity contribution in [2.24, 2.45) is 5.73 Å². The largest absolute Gasteiger partial charge is 0.493 e. The Balaban J connectivity index is 1.94. The van der Waals surface area contributed by atoms with Gasteiger partial charge in [-0.05, 0) is 73.1 Å². The number of anilines is 2. The van der Waals surface area contributed by atoms with Crippen LogP contribution in [0.25, 0.3) is 0 Å². The van der Waals surface area contributed by atoms with Crippen LogP contribution in [-0.4, -0.2) is 42.4 Å². The van der Waals surface area contributed by atoms with Crippen molar-refractivity contribution in [3.8, 4) is 11.5 Å². The molecule has 0 saturated heterocycles. The van der Waals surface area contributed by atoms with Crippen LogP contribution in [-0.2, 0) is 4.79 Å². The minimum absolute atomic E-state index is 0.00522. The summed E-state index contributed by atoms with van der Waals surface area (Å²) in [5, 5.41) is 3.15. The maximum absolute atomic E-state index is 14.3. The first kappa shape index (κ1) is 27.9. The summed E-state index contributed by atoms with van der Waals surface area (Å²) >= 11 is 0.773. The second-order valence-electron chi connectivity index (χ2n) is 9.54. The van der Waals surface area contributed by atoms with Crippen molar-refractivity contribution in [1.82, 2.24) is 9.69 Å². The number of methoxy groups -OCH3 is 2. The van der Waals surface area contributed by atoms with Gasteiger partial charge in [-0.2, -0.15) is 4.37 Å². The first-order valence-electron chi connectivity index (χ1n) is 12.6. The zero-order chi connectivity index (χ0) is 28.3. The number of hydrogen-bond donors (Lipinski definition) is 3. The number of nitrogen functional groups attached to an aromatic ring is 1.